The molecule has 0 aliphatic carbocycles. The summed E-state index contributed by atoms with van der Waals surface area (Å²) in [5.41, 5.74) is 5.73. The van der Waals surface area contributed by atoms with Crippen LogP contribution in [0.1, 0.15) is 23.7 Å². The molecule has 0 saturated heterocycles. The number of alkyl halides is 3. The van der Waals surface area contributed by atoms with Crippen LogP contribution >= 0.6 is 0 Å². The van der Waals surface area contributed by atoms with Crippen LogP contribution in [0.15, 0.2) is 12.3 Å². The van der Waals surface area contributed by atoms with Crippen molar-refractivity contribution in [2.45, 2.75) is 19.5 Å². The zero-order valence-electron chi connectivity index (χ0n) is 10.3. The molecule has 0 saturated carbocycles. The highest BCUT2D eigenvalue weighted by Gasteiger charge is 2.26. The predicted octanol–water partition coefficient (Wildman–Crippen LogP) is 2.20. The zero-order chi connectivity index (χ0) is 14.5. The molecule has 0 fully saturated rings. The third kappa shape index (κ3) is 5.02. The number of ether oxygens (including phenoxy) is 1. The highest BCUT2D eigenvalue weighted by atomic mass is 19.4. The molecule has 5 nitrogen and oxygen atoms in total. The van der Waals surface area contributed by atoms with Crippen molar-refractivity contribution in [3.05, 3.63) is 17.8 Å². The van der Waals surface area contributed by atoms with Crippen LogP contribution in [0.5, 0.6) is 0 Å². The maximum absolute atomic E-state index is 12.0. The van der Waals surface area contributed by atoms with E-state index in [0.717, 1.165) is 0 Å². The Kier molecular flexibility index (Phi) is 4.96. The highest BCUT2D eigenvalue weighted by molar-refractivity contribution is 5.95. The number of pyridine rings is 1. The van der Waals surface area contributed by atoms with E-state index in [0.29, 0.717) is 0 Å². The third-order valence-electron chi connectivity index (χ3n) is 2.11. The molecule has 0 amide bonds. The van der Waals surface area contributed by atoms with Gasteiger partial charge < -0.3 is 15.8 Å². The molecule has 1 aromatic heterocycles. The Balaban J connectivity index is 2.79. The van der Waals surface area contributed by atoms with E-state index >= 15 is 0 Å². The minimum absolute atomic E-state index is 0.0176. The van der Waals surface area contributed by atoms with Crippen molar-refractivity contribution in [1.29, 1.82) is 0 Å². The molecule has 0 unspecified atom stereocenters. The number of nitrogens with two attached hydrogens (primary N) is 1. The van der Waals surface area contributed by atoms with E-state index < -0.39 is 18.6 Å². The maximum atomic E-state index is 12.0. The Morgan fingerprint density at radius 2 is 2.21 bits per heavy atom. The van der Waals surface area contributed by atoms with Crippen LogP contribution < -0.4 is 11.1 Å². The van der Waals surface area contributed by atoms with Gasteiger partial charge in [-0.25, -0.2) is 9.78 Å². The van der Waals surface area contributed by atoms with Gasteiger partial charge in [0.05, 0.1) is 24.9 Å². The smallest absolute Gasteiger partial charge is 0.390 e. The summed E-state index contributed by atoms with van der Waals surface area (Å²) in [6.45, 7) is 1.39. The standard InChI is InChI=1S/C11H14F3N3O2/c1-2-19-10(18)8-5-7(15)6-17-9(8)16-4-3-11(12,13)14/h5-6H,2-4,15H2,1H3,(H,16,17). The first-order valence-corrected chi connectivity index (χ1v) is 5.56. The van der Waals surface area contributed by atoms with Crippen LogP contribution in [-0.2, 0) is 4.74 Å². The molecule has 3 N–H and O–H groups in total. The number of hydrogen-bond acceptors (Lipinski definition) is 5. The van der Waals surface area contributed by atoms with Gasteiger partial charge in [-0.2, -0.15) is 13.2 Å². The molecule has 19 heavy (non-hydrogen) atoms. The van der Waals surface area contributed by atoms with Crippen molar-refractivity contribution >= 4 is 17.5 Å². The first-order valence-electron chi connectivity index (χ1n) is 5.56. The number of nitrogens with zero attached hydrogens (tertiary/aromatic N) is 1. The van der Waals surface area contributed by atoms with Crippen LogP contribution in [0.25, 0.3) is 0 Å². The number of aromatic nitrogens is 1. The molecule has 1 aromatic rings. The summed E-state index contributed by atoms with van der Waals surface area (Å²) in [5, 5.41) is 2.45. The number of halogens is 3. The first-order chi connectivity index (χ1) is 8.83. The quantitative estimate of drug-likeness (QED) is 0.807. The Hall–Kier alpha value is -1.99. The summed E-state index contributed by atoms with van der Waals surface area (Å²) in [5.74, 6) is -0.659. The second kappa shape index (κ2) is 6.26. The van der Waals surface area contributed by atoms with Crippen LogP contribution in [0.2, 0.25) is 0 Å². The minimum atomic E-state index is -4.27. The number of esters is 1. The molecule has 0 aromatic carbocycles. The van der Waals surface area contributed by atoms with E-state index in [1.54, 1.807) is 6.92 Å². The maximum Gasteiger partial charge on any atom is 0.390 e. The van der Waals surface area contributed by atoms with Crippen LogP contribution in [0.4, 0.5) is 24.7 Å². The zero-order valence-corrected chi connectivity index (χ0v) is 10.3. The lowest BCUT2D eigenvalue weighted by atomic mass is 10.2. The number of rotatable bonds is 5. The summed E-state index contributed by atoms with van der Waals surface area (Å²) in [7, 11) is 0. The van der Waals surface area contributed by atoms with E-state index in [9.17, 15) is 18.0 Å². The van der Waals surface area contributed by atoms with Crippen molar-refractivity contribution in [3.63, 3.8) is 0 Å². The van der Waals surface area contributed by atoms with E-state index in [2.05, 4.69) is 10.3 Å². The number of nitrogens with one attached hydrogen (secondary N) is 1. The van der Waals surface area contributed by atoms with Crippen LogP contribution in [0, 0.1) is 0 Å². The fourth-order valence-electron chi connectivity index (χ4n) is 1.31. The van der Waals surface area contributed by atoms with Crippen molar-refractivity contribution in [3.8, 4) is 0 Å². The Labute approximate surface area is 108 Å². The Morgan fingerprint density at radius 3 is 2.79 bits per heavy atom. The normalized spacial score (nSPS) is 11.2. The lowest BCUT2D eigenvalue weighted by Crippen LogP contribution is -2.17. The largest absolute Gasteiger partial charge is 0.462 e. The number of nitrogen functional groups attached to an aromatic ring is 1. The number of carbonyl (C=O) groups excluding carboxylic acids is 1. The molecule has 0 atom stereocenters. The van der Waals surface area contributed by atoms with E-state index in [4.69, 9.17) is 10.5 Å². The molecule has 0 aliphatic rings. The fourth-order valence-corrected chi connectivity index (χ4v) is 1.31. The summed E-state index contributed by atoms with van der Waals surface area (Å²) in [4.78, 5) is 15.4. The number of hydrogen-bond donors (Lipinski definition) is 2. The van der Waals surface area contributed by atoms with Gasteiger partial charge in [-0.05, 0) is 13.0 Å². The van der Waals surface area contributed by atoms with Gasteiger partial charge in [0.15, 0.2) is 0 Å². The van der Waals surface area contributed by atoms with Crippen molar-refractivity contribution in [1.82, 2.24) is 4.98 Å². The van der Waals surface area contributed by atoms with Gasteiger partial charge in [0.25, 0.3) is 0 Å². The molecular weight excluding hydrogens is 263 g/mol. The fraction of sp³-hybridized carbons (Fsp3) is 0.455. The van der Waals surface area contributed by atoms with Gasteiger partial charge in [0.2, 0.25) is 0 Å². The van der Waals surface area contributed by atoms with E-state index in [-0.39, 0.29) is 30.2 Å². The summed E-state index contributed by atoms with van der Waals surface area (Å²) < 4.78 is 40.9. The first kappa shape index (κ1) is 15.1. The van der Waals surface area contributed by atoms with E-state index in [1.807, 2.05) is 0 Å². The summed E-state index contributed by atoms with van der Waals surface area (Å²) in [6, 6.07) is 1.31. The van der Waals surface area contributed by atoms with Gasteiger partial charge in [-0.1, -0.05) is 0 Å². The van der Waals surface area contributed by atoms with Gasteiger partial charge in [0.1, 0.15) is 11.4 Å². The lowest BCUT2D eigenvalue weighted by molar-refractivity contribution is -0.131. The second-order valence-corrected chi connectivity index (χ2v) is 3.68. The van der Waals surface area contributed by atoms with E-state index in [1.165, 1.54) is 12.3 Å². The van der Waals surface area contributed by atoms with Gasteiger partial charge >= 0.3 is 12.1 Å². The second-order valence-electron chi connectivity index (χ2n) is 3.68. The predicted molar refractivity (Wildman–Crippen MR) is 63.8 cm³/mol. The monoisotopic (exact) mass is 277 g/mol. The highest BCUT2D eigenvalue weighted by Crippen LogP contribution is 2.21. The summed E-state index contributed by atoms with van der Waals surface area (Å²) in [6.07, 6.45) is -4.05. The molecule has 0 bridgehead atoms. The van der Waals surface area contributed by atoms with Crippen LogP contribution in [0.3, 0.4) is 0 Å². The molecular formula is C11H14F3N3O2. The SMILES string of the molecule is CCOC(=O)c1cc(N)cnc1NCCC(F)(F)F. The number of carbonyl (C=O) groups is 1. The molecule has 8 heteroatoms. The molecule has 0 aliphatic heterocycles. The number of anilines is 2. The van der Waals surface area contributed by atoms with Gasteiger partial charge in [0, 0.05) is 6.54 Å². The molecule has 0 spiro atoms. The lowest BCUT2D eigenvalue weighted by Gasteiger charge is -2.12. The molecule has 1 rings (SSSR count). The van der Waals surface area contributed by atoms with Crippen molar-refractivity contribution in [2.24, 2.45) is 0 Å². The van der Waals surface area contributed by atoms with Crippen molar-refractivity contribution < 1.29 is 22.7 Å². The third-order valence-corrected chi connectivity index (χ3v) is 2.11. The Morgan fingerprint density at radius 1 is 1.53 bits per heavy atom. The molecule has 0 radical (unpaired) electrons. The Bertz CT molecular complexity index is 449. The average molecular weight is 277 g/mol. The topological polar surface area (TPSA) is 77.2 Å². The minimum Gasteiger partial charge on any atom is -0.462 e. The molecule has 1 heterocycles. The van der Waals surface area contributed by atoms with Gasteiger partial charge in [-0.15, -0.1) is 0 Å². The molecule has 106 valence electrons. The van der Waals surface area contributed by atoms with Crippen molar-refractivity contribution in [2.75, 3.05) is 24.2 Å². The summed E-state index contributed by atoms with van der Waals surface area (Å²) >= 11 is 0. The van der Waals surface area contributed by atoms with Crippen LogP contribution in [-0.4, -0.2) is 30.3 Å². The van der Waals surface area contributed by atoms with Gasteiger partial charge in [-0.3, -0.25) is 0 Å². The average Bonchev–Trinajstić information content (AvgIpc) is 2.29.